The third-order valence-electron chi connectivity index (χ3n) is 6.12. The summed E-state index contributed by atoms with van der Waals surface area (Å²) in [5.41, 5.74) is 1.99. The van der Waals surface area contributed by atoms with E-state index >= 15 is 0 Å². The van der Waals surface area contributed by atoms with Crippen LogP contribution >= 0.6 is 0 Å². The molecule has 1 aliphatic heterocycles. The summed E-state index contributed by atoms with van der Waals surface area (Å²) >= 11 is 0. The fourth-order valence-electron chi connectivity index (χ4n) is 3.89. The van der Waals surface area contributed by atoms with E-state index in [-0.39, 0.29) is 23.6 Å². The molecule has 188 valence electrons. The van der Waals surface area contributed by atoms with Gasteiger partial charge in [-0.2, -0.15) is 0 Å². The molecule has 0 spiro atoms. The average Bonchev–Trinajstić information content (AvgIpc) is 2.86. The first-order valence-corrected chi connectivity index (χ1v) is 12.2. The van der Waals surface area contributed by atoms with Crippen molar-refractivity contribution in [2.24, 2.45) is 5.92 Å². The summed E-state index contributed by atoms with van der Waals surface area (Å²) in [6, 6.07) is 13.5. The van der Waals surface area contributed by atoms with Gasteiger partial charge in [-0.25, -0.2) is 0 Å². The number of likely N-dealkylation sites (N-methyl/N-ethyl adjacent to an activating group) is 1. The first kappa shape index (κ1) is 26.2. The lowest BCUT2D eigenvalue weighted by Crippen LogP contribution is -2.49. The molecule has 3 rings (SSSR count). The molecular formula is C27H36N4O4. The Hall–Kier alpha value is -3.39. The molecular weight excluding hydrogens is 444 g/mol. The van der Waals surface area contributed by atoms with Crippen LogP contribution in [0.3, 0.4) is 0 Å². The second-order valence-corrected chi connectivity index (χ2v) is 9.16. The van der Waals surface area contributed by atoms with Gasteiger partial charge in [0.15, 0.2) is 0 Å². The van der Waals surface area contributed by atoms with Crippen molar-refractivity contribution in [3.63, 3.8) is 0 Å². The molecule has 3 amide bonds. The Balaban J connectivity index is 1.54. The van der Waals surface area contributed by atoms with Crippen molar-refractivity contribution in [1.82, 2.24) is 20.4 Å². The molecule has 35 heavy (non-hydrogen) atoms. The van der Waals surface area contributed by atoms with Gasteiger partial charge in [0.25, 0.3) is 11.8 Å². The quantitative estimate of drug-likeness (QED) is 0.576. The Morgan fingerprint density at radius 2 is 1.51 bits per heavy atom. The lowest BCUT2D eigenvalue weighted by molar-refractivity contribution is -0.124. The van der Waals surface area contributed by atoms with E-state index in [1.165, 1.54) is 0 Å². The van der Waals surface area contributed by atoms with E-state index in [0.717, 1.165) is 31.7 Å². The lowest BCUT2D eigenvalue weighted by Gasteiger charge is -2.32. The zero-order valence-corrected chi connectivity index (χ0v) is 21.0. The molecule has 0 aromatic heterocycles. The highest BCUT2D eigenvalue weighted by Gasteiger charge is 2.25. The minimum atomic E-state index is -0.674. The number of hydrogen-bond acceptors (Lipinski definition) is 5. The van der Waals surface area contributed by atoms with Crippen LogP contribution in [0.5, 0.6) is 5.75 Å². The normalized spacial score (nSPS) is 14.9. The number of piperazine rings is 1. The van der Waals surface area contributed by atoms with Crippen LogP contribution in [0.4, 0.5) is 0 Å². The smallest absolute Gasteiger partial charge is 0.253 e. The number of amides is 3. The van der Waals surface area contributed by atoms with Gasteiger partial charge >= 0.3 is 0 Å². The second-order valence-electron chi connectivity index (χ2n) is 9.16. The van der Waals surface area contributed by atoms with E-state index in [0.29, 0.717) is 30.0 Å². The van der Waals surface area contributed by atoms with Crippen LogP contribution in [0.2, 0.25) is 0 Å². The van der Waals surface area contributed by atoms with Crippen molar-refractivity contribution in [3.8, 4) is 5.75 Å². The highest BCUT2D eigenvalue weighted by molar-refractivity contribution is 5.97. The monoisotopic (exact) mass is 480 g/mol. The molecule has 1 saturated heterocycles. The molecule has 1 unspecified atom stereocenters. The zero-order chi connectivity index (χ0) is 25.4. The van der Waals surface area contributed by atoms with Crippen LogP contribution in [-0.4, -0.2) is 73.4 Å². The maximum atomic E-state index is 12.9. The Morgan fingerprint density at radius 1 is 0.914 bits per heavy atom. The third-order valence-corrected chi connectivity index (χ3v) is 6.12. The van der Waals surface area contributed by atoms with Gasteiger partial charge in [-0.05, 0) is 61.9 Å². The molecule has 2 N–H and O–H groups in total. The van der Waals surface area contributed by atoms with Crippen molar-refractivity contribution in [2.45, 2.75) is 33.4 Å². The van der Waals surface area contributed by atoms with Gasteiger partial charge in [0.2, 0.25) is 5.91 Å². The van der Waals surface area contributed by atoms with Gasteiger partial charge in [-0.15, -0.1) is 0 Å². The average molecular weight is 481 g/mol. The molecule has 1 atom stereocenters. The molecule has 8 nitrogen and oxygen atoms in total. The van der Waals surface area contributed by atoms with Crippen molar-refractivity contribution in [3.05, 3.63) is 65.2 Å². The molecule has 0 radical (unpaired) electrons. The number of hydrogen-bond donors (Lipinski definition) is 2. The van der Waals surface area contributed by atoms with Crippen LogP contribution < -0.4 is 15.4 Å². The van der Waals surface area contributed by atoms with Crippen molar-refractivity contribution in [2.75, 3.05) is 39.8 Å². The summed E-state index contributed by atoms with van der Waals surface area (Å²) in [5, 5.41) is 5.74. The van der Waals surface area contributed by atoms with Gasteiger partial charge in [0.05, 0.1) is 6.61 Å². The lowest BCUT2D eigenvalue weighted by atomic mass is 10.0. The summed E-state index contributed by atoms with van der Waals surface area (Å²) in [6.45, 7) is 9.75. The van der Waals surface area contributed by atoms with Gasteiger partial charge in [0.1, 0.15) is 11.8 Å². The molecule has 1 aliphatic rings. The van der Waals surface area contributed by atoms with E-state index < -0.39 is 6.04 Å². The van der Waals surface area contributed by atoms with E-state index in [1.54, 1.807) is 36.4 Å². The second kappa shape index (κ2) is 12.4. The highest BCUT2D eigenvalue weighted by atomic mass is 16.5. The van der Waals surface area contributed by atoms with Crippen LogP contribution in [0, 0.1) is 5.92 Å². The van der Waals surface area contributed by atoms with Gasteiger partial charge in [-0.3, -0.25) is 14.4 Å². The summed E-state index contributed by atoms with van der Waals surface area (Å²) in [7, 11) is 2.06. The molecule has 1 fully saturated rings. The van der Waals surface area contributed by atoms with E-state index in [9.17, 15) is 14.4 Å². The molecule has 0 bridgehead atoms. The van der Waals surface area contributed by atoms with E-state index in [4.69, 9.17) is 4.74 Å². The molecule has 8 heteroatoms. The van der Waals surface area contributed by atoms with Crippen LogP contribution in [0.15, 0.2) is 48.5 Å². The topological polar surface area (TPSA) is 91.0 Å². The minimum absolute atomic E-state index is 0.0329. The number of nitrogens with one attached hydrogen (secondary N) is 2. The molecule has 2 aromatic rings. The Kier molecular flexibility index (Phi) is 9.25. The fraction of sp³-hybridized carbons (Fsp3) is 0.444. The summed E-state index contributed by atoms with van der Waals surface area (Å²) < 4.78 is 5.41. The van der Waals surface area contributed by atoms with E-state index in [1.807, 2.05) is 37.8 Å². The Morgan fingerprint density at radius 3 is 2.09 bits per heavy atom. The van der Waals surface area contributed by atoms with Gasteiger partial charge in [-0.1, -0.05) is 26.0 Å². The summed E-state index contributed by atoms with van der Waals surface area (Å²) in [4.78, 5) is 42.3. The van der Waals surface area contributed by atoms with Gasteiger partial charge in [0, 0.05) is 43.9 Å². The van der Waals surface area contributed by atoms with Crippen molar-refractivity contribution in [1.29, 1.82) is 0 Å². The van der Waals surface area contributed by atoms with E-state index in [2.05, 4.69) is 22.6 Å². The largest absolute Gasteiger partial charge is 0.494 e. The standard InChI is InChI=1S/C27H36N4O4/c1-5-35-23-12-10-21(11-13-23)25(32)29-24(19(2)3)26(33)28-18-20-6-8-22(9-7-20)27(34)31-16-14-30(4)15-17-31/h6-13,19,24H,5,14-18H2,1-4H3,(H,28,33)(H,29,32). The maximum Gasteiger partial charge on any atom is 0.253 e. The number of carbonyl (C=O) groups is 3. The first-order valence-electron chi connectivity index (χ1n) is 12.2. The predicted molar refractivity (Wildman–Crippen MR) is 135 cm³/mol. The van der Waals surface area contributed by atoms with Crippen molar-refractivity contribution >= 4 is 17.7 Å². The molecule has 2 aromatic carbocycles. The zero-order valence-electron chi connectivity index (χ0n) is 21.0. The van der Waals surface area contributed by atoms with Crippen LogP contribution in [0.1, 0.15) is 47.1 Å². The number of rotatable bonds is 9. The SMILES string of the molecule is CCOc1ccc(C(=O)NC(C(=O)NCc2ccc(C(=O)N3CCN(C)CC3)cc2)C(C)C)cc1. The number of nitrogens with zero attached hydrogens (tertiary/aromatic N) is 2. The highest BCUT2D eigenvalue weighted by Crippen LogP contribution is 2.14. The van der Waals surface area contributed by atoms with Gasteiger partial charge < -0.3 is 25.2 Å². The number of carbonyl (C=O) groups excluding carboxylic acids is 3. The maximum absolute atomic E-state index is 12.9. The predicted octanol–water partition coefficient (Wildman–Crippen LogP) is 2.54. The molecule has 0 saturated carbocycles. The minimum Gasteiger partial charge on any atom is -0.494 e. The Labute approximate surface area is 207 Å². The van der Waals surface area contributed by atoms with Crippen LogP contribution in [-0.2, 0) is 11.3 Å². The van der Waals surface area contributed by atoms with Crippen LogP contribution in [0.25, 0.3) is 0 Å². The third kappa shape index (κ3) is 7.29. The fourth-order valence-corrected chi connectivity index (χ4v) is 3.89. The Bertz CT molecular complexity index is 997. The number of ether oxygens (including phenoxy) is 1. The molecule has 1 heterocycles. The molecule has 0 aliphatic carbocycles. The first-order chi connectivity index (χ1) is 16.8. The summed E-state index contributed by atoms with van der Waals surface area (Å²) in [6.07, 6.45) is 0. The van der Waals surface area contributed by atoms with Crippen molar-refractivity contribution < 1.29 is 19.1 Å². The number of benzene rings is 2. The summed E-state index contributed by atoms with van der Waals surface area (Å²) in [5.74, 6) is 0.0693.